The molecule has 240 valence electrons. The number of esters is 1. The van der Waals surface area contributed by atoms with E-state index in [1.54, 1.807) is 65.6 Å². The summed E-state index contributed by atoms with van der Waals surface area (Å²) in [6.07, 6.45) is -0.219. The van der Waals surface area contributed by atoms with E-state index >= 15 is 0 Å². The zero-order valence-corrected chi connectivity index (χ0v) is 26.7. The lowest BCUT2D eigenvalue weighted by atomic mass is 10.1. The Kier molecular flexibility index (Phi) is 10.3. The molecule has 2 heterocycles. The van der Waals surface area contributed by atoms with E-state index in [2.05, 4.69) is 4.90 Å². The normalized spacial score (nSPS) is 13.5. The largest absolute Gasteiger partial charge is 0.489 e. The number of rotatable bonds is 11. The molecule has 0 spiro atoms. The van der Waals surface area contributed by atoms with Crippen LogP contribution in [0, 0.1) is 0 Å². The van der Waals surface area contributed by atoms with Crippen LogP contribution in [0.3, 0.4) is 0 Å². The van der Waals surface area contributed by atoms with E-state index in [0.29, 0.717) is 71.7 Å². The van der Waals surface area contributed by atoms with Gasteiger partial charge in [-0.05, 0) is 68.4 Å². The number of amides is 1. The molecular formula is C34H35ClN4O7. The Morgan fingerprint density at radius 1 is 0.935 bits per heavy atom. The monoisotopic (exact) mass is 646 g/mol. The molecule has 0 N–H and O–H groups in total. The lowest BCUT2D eigenvalue weighted by molar-refractivity contribution is -0.139. The fourth-order valence-corrected chi connectivity index (χ4v) is 5.25. The van der Waals surface area contributed by atoms with E-state index in [-0.39, 0.29) is 29.7 Å². The molecule has 1 fully saturated rings. The summed E-state index contributed by atoms with van der Waals surface area (Å²) in [6.45, 7) is 6.80. The fraction of sp³-hybridized carbons (Fsp3) is 0.324. The second-order valence-electron chi connectivity index (χ2n) is 11.1. The number of benzene rings is 3. The molecule has 46 heavy (non-hydrogen) atoms. The predicted molar refractivity (Wildman–Crippen MR) is 173 cm³/mol. The second kappa shape index (κ2) is 14.6. The first-order chi connectivity index (χ1) is 22.1. The second-order valence-corrected chi connectivity index (χ2v) is 11.6. The Bertz CT molecular complexity index is 1800. The quantitative estimate of drug-likeness (QED) is 0.174. The van der Waals surface area contributed by atoms with E-state index in [1.807, 2.05) is 19.9 Å². The number of ether oxygens (including phenoxy) is 3. The van der Waals surface area contributed by atoms with Crippen LogP contribution >= 0.6 is 11.6 Å². The molecule has 3 aromatic carbocycles. The lowest BCUT2D eigenvalue weighted by Crippen LogP contribution is -2.50. The summed E-state index contributed by atoms with van der Waals surface area (Å²) in [5.74, 6) is 0.303. The minimum atomic E-state index is -0.568. The smallest absolute Gasteiger partial charge is 0.303 e. The van der Waals surface area contributed by atoms with Crippen molar-refractivity contribution < 1.29 is 28.6 Å². The van der Waals surface area contributed by atoms with Crippen molar-refractivity contribution in [2.24, 2.45) is 0 Å². The number of piperazine rings is 1. The molecule has 1 saturated heterocycles. The van der Waals surface area contributed by atoms with Gasteiger partial charge < -0.3 is 19.1 Å². The molecule has 4 aromatic rings. The van der Waals surface area contributed by atoms with Crippen LogP contribution in [0.4, 0.5) is 0 Å². The van der Waals surface area contributed by atoms with Crippen molar-refractivity contribution >= 4 is 40.2 Å². The van der Waals surface area contributed by atoms with Crippen molar-refractivity contribution in [2.75, 3.05) is 39.4 Å². The average Bonchev–Trinajstić information content (AvgIpc) is 3.04. The van der Waals surface area contributed by atoms with Crippen molar-refractivity contribution in [1.29, 1.82) is 0 Å². The third kappa shape index (κ3) is 7.91. The molecule has 1 aromatic heterocycles. The van der Waals surface area contributed by atoms with Crippen LogP contribution in [0.25, 0.3) is 16.6 Å². The van der Waals surface area contributed by atoms with Crippen molar-refractivity contribution in [1.82, 2.24) is 19.4 Å². The first kappa shape index (κ1) is 32.6. The molecule has 0 aliphatic carbocycles. The van der Waals surface area contributed by atoms with E-state index in [9.17, 15) is 19.2 Å². The van der Waals surface area contributed by atoms with Gasteiger partial charge in [0.25, 0.3) is 11.5 Å². The van der Waals surface area contributed by atoms with Crippen LogP contribution in [0.1, 0.15) is 37.0 Å². The van der Waals surface area contributed by atoms with Crippen LogP contribution in [-0.4, -0.2) is 82.5 Å². The van der Waals surface area contributed by atoms with Crippen LogP contribution in [0.15, 0.2) is 71.5 Å². The van der Waals surface area contributed by atoms with Gasteiger partial charge in [-0.25, -0.2) is 4.98 Å². The summed E-state index contributed by atoms with van der Waals surface area (Å²) in [7, 11) is 0. The van der Waals surface area contributed by atoms with Crippen LogP contribution in [0.2, 0.25) is 5.02 Å². The summed E-state index contributed by atoms with van der Waals surface area (Å²) in [5, 5.41) is 1.000. The van der Waals surface area contributed by atoms with E-state index < -0.39 is 18.4 Å². The number of nitrogens with zero attached hydrogens (tertiary/aromatic N) is 4. The molecule has 5 rings (SSSR count). The van der Waals surface area contributed by atoms with Gasteiger partial charge in [-0.3, -0.25) is 28.6 Å². The number of hydrogen-bond acceptors (Lipinski definition) is 9. The van der Waals surface area contributed by atoms with Gasteiger partial charge in [0.2, 0.25) is 0 Å². The Morgan fingerprint density at radius 2 is 1.65 bits per heavy atom. The Hall–Kier alpha value is -4.74. The van der Waals surface area contributed by atoms with Gasteiger partial charge in [-0.2, -0.15) is 0 Å². The third-order valence-corrected chi connectivity index (χ3v) is 7.65. The predicted octanol–water partition coefficient (Wildman–Crippen LogP) is 4.30. The molecule has 0 bridgehead atoms. The molecule has 11 nitrogen and oxygen atoms in total. The van der Waals surface area contributed by atoms with Gasteiger partial charge in [0, 0.05) is 43.7 Å². The highest BCUT2D eigenvalue weighted by Crippen LogP contribution is 2.27. The lowest BCUT2D eigenvalue weighted by Gasteiger charge is -2.34. The van der Waals surface area contributed by atoms with Gasteiger partial charge in [-0.15, -0.1) is 0 Å². The number of aromatic nitrogens is 2. The number of fused-ring (bicyclic) bond motifs is 1. The van der Waals surface area contributed by atoms with E-state index in [1.165, 1.54) is 11.5 Å². The van der Waals surface area contributed by atoms with E-state index in [0.717, 1.165) is 0 Å². The standard InChI is InChI=1S/C34H35ClN4O7/c1-22(2)46-31-13-8-24(30(41)20-44-23(3)40)18-29(31)39-32(36-28-7-5-4-6-27(28)34(39)43)19-37-14-16-38(17-15-37)33(42)21-45-26-11-9-25(35)10-12-26/h4-13,18,22H,14-17,19-21H2,1-3H3. The highest BCUT2D eigenvalue weighted by molar-refractivity contribution is 6.30. The van der Waals surface area contributed by atoms with Gasteiger partial charge in [0.05, 0.1) is 29.2 Å². The Balaban J connectivity index is 1.41. The van der Waals surface area contributed by atoms with E-state index in [4.69, 9.17) is 30.8 Å². The van der Waals surface area contributed by atoms with Gasteiger partial charge in [-0.1, -0.05) is 23.7 Å². The maximum Gasteiger partial charge on any atom is 0.303 e. The summed E-state index contributed by atoms with van der Waals surface area (Å²) < 4.78 is 18.1. The summed E-state index contributed by atoms with van der Waals surface area (Å²) in [5.41, 5.74) is 0.840. The van der Waals surface area contributed by atoms with Crippen molar-refractivity contribution in [3.8, 4) is 17.2 Å². The van der Waals surface area contributed by atoms with Crippen molar-refractivity contribution in [2.45, 2.75) is 33.4 Å². The molecule has 0 saturated carbocycles. The van der Waals surface area contributed by atoms with Gasteiger partial charge >= 0.3 is 5.97 Å². The number of para-hydroxylation sites is 1. The molecule has 1 aliphatic heterocycles. The highest BCUT2D eigenvalue weighted by atomic mass is 35.5. The van der Waals surface area contributed by atoms with Crippen LogP contribution < -0.4 is 15.0 Å². The number of Topliss-reactive ketones (excluding diaryl/α,β-unsaturated/α-hetero) is 1. The van der Waals surface area contributed by atoms with Gasteiger partial charge in [0.1, 0.15) is 17.3 Å². The minimum Gasteiger partial charge on any atom is -0.489 e. The summed E-state index contributed by atoms with van der Waals surface area (Å²) in [6, 6.07) is 18.7. The first-order valence-electron chi connectivity index (χ1n) is 15.0. The topological polar surface area (TPSA) is 120 Å². The number of hydrogen-bond donors (Lipinski definition) is 0. The zero-order chi connectivity index (χ0) is 32.8. The van der Waals surface area contributed by atoms with Crippen molar-refractivity contribution in [3.63, 3.8) is 0 Å². The Labute approximate surface area is 271 Å². The number of ketones is 1. The summed E-state index contributed by atoms with van der Waals surface area (Å²) >= 11 is 5.92. The highest BCUT2D eigenvalue weighted by Gasteiger charge is 2.25. The minimum absolute atomic E-state index is 0.0848. The van der Waals surface area contributed by atoms with Gasteiger partial charge in [0.15, 0.2) is 19.0 Å². The number of halogens is 1. The maximum atomic E-state index is 14.1. The molecular weight excluding hydrogens is 612 g/mol. The molecule has 1 amide bonds. The number of carbonyl (C=O) groups excluding carboxylic acids is 3. The molecule has 0 unspecified atom stereocenters. The zero-order valence-electron chi connectivity index (χ0n) is 25.9. The SMILES string of the molecule is CC(=O)OCC(=O)c1ccc(OC(C)C)c(-n2c(CN3CCN(C(=O)COc4ccc(Cl)cc4)CC3)nc3ccccc3c2=O)c1. The maximum absolute atomic E-state index is 14.1. The number of carbonyl (C=O) groups is 3. The summed E-state index contributed by atoms with van der Waals surface area (Å²) in [4.78, 5) is 59.9. The Morgan fingerprint density at radius 3 is 2.35 bits per heavy atom. The first-order valence-corrected chi connectivity index (χ1v) is 15.3. The van der Waals surface area contributed by atoms with Crippen LogP contribution in [-0.2, 0) is 20.9 Å². The molecule has 0 radical (unpaired) electrons. The van der Waals surface area contributed by atoms with Crippen LogP contribution in [0.5, 0.6) is 11.5 Å². The molecule has 0 atom stereocenters. The third-order valence-electron chi connectivity index (χ3n) is 7.40. The molecule has 1 aliphatic rings. The average molecular weight is 647 g/mol. The van der Waals surface area contributed by atoms with Crippen molar-refractivity contribution in [3.05, 3.63) is 93.5 Å². The fourth-order valence-electron chi connectivity index (χ4n) is 5.13. The molecule has 12 heteroatoms.